The highest BCUT2D eigenvalue weighted by Gasteiger charge is 2.08. The zero-order chi connectivity index (χ0) is 21.2. The van der Waals surface area contributed by atoms with Gasteiger partial charge in [0.25, 0.3) is 0 Å². The molecule has 1 aromatic heterocycles. The molecule has 1 atom stereocenters. The van der Waals surface area contributed by atoms with E-state index in [2.05, 4.69) is 36.1 Å². The second kappa shape index (κ2) is 11.1. The molecule has 0 saturated carbocycles. The molecule has 0 aliphatic carbocycles. The molecule has 1 heterocycles. The molecule has 2 aromatic rings. The van der Waals surface area contributed by atoms with Crippen LogP contribution in [0.2, 0.25) is 0 Å². The minimum Gasteiger partial charge on any atom is -0.493 e. The van der Waals surface area contributed by atoms with Crippen molar-refractivity contribution in [1.82, 2.24) is 10.3 Å². The third kappa shape index (κ3) is 7.52. The van der Waals surface area contributed by atoms with Gasteiger partial charge in [0.2, 0.25) is 5.88 Å². The van der Waals surface area contributed by atoms with Gasteiger partial charge in [0, 0.05) is 18.8 Å². The number of guanidine groups is 1. The van der Waals surface area contributed by atoms with E-state index in [1.54, 1.807) is 20.4 Å². The number of nitrogens with zero attached hydrogens (tertiary/aromatic N) is 2. The van der Waals surface area contributed by atoms with Crippen LogP contribution in [0.1, 0.15) is 38.3 Å². The Labute approximate surface area is 173 Å². The smallest absolute Gasteiger partial charge is 0.213 e. The number of hydrogen-bond donors (Lipinski definition) is 2. The molecule has 0 aliphatic rings. The second-order valence-corrected chi connectivity index (χ2v) is 7.30. The summed E-state index contributed by atoms with van der Waals surface area (Å²) in [4.78, 5) is 8.67. The van der Waals surface area contributed by atoms with Crippen molar-refractivity contribution in [3.63, 3.8) is 0 Å². The molecule has 0 bridgehead atoms. The second-order valence-electron chi connectivity index (χ2n) is 7.30. The largest absolute Gasteiger partial charge is 0.493 e. The summed E-state index contributed by atoms with van der Waals surface area (Å²) in [5.41, 5.74) is 8.01. The number of benzene rings is 1. The van der Waals surface area contributed by atoms with E-state index in [0.717, 1.165) is 17.5 Å². The van der Waals surface area contributed by atoms with Gasteiger partial charge in [-0.15, -0.1) is 0 Å². The average Bonchev–Trinajstić information content (AvgIpc) is 2.70. The van der Waals surface area contributed by atoms with Gasteiger partial charge in [-0.25, -0.2) is 9.98 Å². The molecule has 7 nitrogen and oxygen atoms in total. The lowest BCUT2D eigenvalue weighted by molar-refractivity contribution is 0.185. The van der Waals surface area contributed by atoms with Crippen LogP contribution in [0.15, 0.2) is 41.5 Å². The van der Waals surface area contributed by atoms with E-state index in [0.29, 0.717) is 42.3 Å². The maximum Gasteiger partial charge on any atom is 0.213 e. The minimum absolute atomic E-state index is 0.124. The Balaban J connectivity index is 1.90. The number of aliphatic imine (C=N–C) groups is 1. The van der Waals surface area contributed by atoms with Gasteiger partial charge in [-0.3, -0.25) is 0 Å². The number of ether oxygens (including phenoxy) is 3. The van der Waals surface area contributed by atoms with Crippen LogP contribution >= 0.6 is 0 Å². The molecule has 0 aliphatic heterocycles. The number of pyridine rings is 1. The van der Waals surface area contributed by atoms with Crippen LogP contribution < -0.4 is 25.3 Å². The summed E-state index contributed by atoms with van der Waals surface area (Å²) in [6, 6.07) is 9.52. The summed E-state index contributed by atoms with van der Waals surface area (Å²) in [6.07, 6.45) is 2.85. The molecule has 0 amide bonds. The van der Waals surface area contributed by atoms with Gasteiger partial charge < -0.3 is 25.3 Å². The number of nitrogens with two attached hydrogens (primary N) is 1. The fourth-order valence-electron chi connectivity index (χ4n) is 2.95. The Kier molecular flexibility index (Phi) is 8.58. The Hall–Kier alpha value is -2.96. The van der Waals surface area contributed by atoms with Crippen LogP contribution in [0.5, 0.6) is 17.4 Å². The lowest BCUT2D eigenvalue weighted by Crippen LogP contribution is -2.31. The standard InChI is InChI=1S/C22H32N4O3/c1-15(2)10-16(3)29-21-12-18(8-9-24-21)14-26-22(23)25-13-17-6-7-19(27-4)20(11-17)28-5/h6-9,11-12,15-16H,10,13-14H2,1-5H3,(H3,23,25,26). The lowest BCUT2D eigenvalue weighted by Gasteiger charge is -2.16. The van der Waals surface area contributed by atoms with E-state index in [1.165, 1.54) is 0 Å². The molecule has 7 heteroatoms. The summed E-state index contributed by atoms with van der Waals surface area (Å²) < 4.78 is 16.5. The van der Waals surface area contributed by atoms with E-state index in [-0.39, 0.29) is 6.10 Å². The van der Waals surface area contributed by atoms with E-state index in [1.807, 2.05) is 30.3 Å². The van der Waals surface area contributed by atoms with Crippen molar-refractivity contribution in [3.05, 3.63) is 47.7 Å². The van der Waals surface area contributed by atoms with Crippen molar-refractivity contribution in [2.45, 2.75) is 46.4 Å². The number of nitrogens with one attached hydrogen (secondary N) is 1. The molecular weight excluding hydrogens is 368 g/mol. The molecule has 1 unspecified atom stereocenters. The molecular formula is C22H32N4O3. The normalized spacial score (nSPS) is 12.6. The fourth-order valence-corrected chi connectivity index (χ4v) is 2.95. The van der Waals surface area contributed by atoms with Crippen LogP contribution in [0.3, 0.4) is 0 Å². The zero-order valence-electron chi connectivity index (χ0n) is 17.9. The Morgan fingerprint density at radius 3 is 2.52 bits per heavy atom. The maximum atomic E-state index is 6.01. The molecule has 0 fully saturated rings. The Morgan fingerprint density at radius 1 is 1.07 bits per heavy atom. The third-order valence-corrected chi connectivity index (χ3v) is 4.28. The summed E-state index contributed by atoms with van der Waals surface area (Å²) >= 11 is 0. The number of methoxy groups -OCH3 is 2. The highest BCUT2D eigenvalue weighted by atomic mass is 16.5. The van der Waals surface area contributed by atoms with E-state index in [9.17, 15) is 0 Å². The van der Waals surface area contributed by atoms with Crippen molar-refractivity contribution in [3.8, 4) is 17.4 Å². The van der Waals surface area contributed by atoms with Crippen LogP contribution in [0.25, 0.3) is 0 Å². The maximum absolute atomic E-state index is 6.01. The Morgan fingerprint density at radius 2 is 1.83 bits per heavy atom. The molecule has 3 N–H and O–H groups in total. The van der Waals surface area contributed by atoms with Gasteiger partial charge in [0.1, 0.15) is 0 Å². The highest BCUT2D eigenvalue weighted by Crippen LogP contribution is 2.27. The van der Waals surface area contributed by atoms with Crippen molar-refractivity contribution in [2.75, 3.05) is 14.2 Å². The first kappa shape index (κ1) is 22.3. The third-order valence-electron chi connectivity index (χ3n) is 4.28. The summed E-state index contributed by atoms with van der Waals surface area (Å²) in [6.45, 7) is 7.40. The molecule has 0 radical (unpaired) electrons. The number of rotatable bonds is 10. The monoisotopic (exact) mass is 400 g/mol. The number of hydrogen-bond acceptors (Lipinski definition) is 5. The topological polar surface area (TPSA) is 91.0 Å². The van der Waals surface area contributed by atoms with Crippen LogP contribution in [-0.2, 0) is 13.1 Å². The van der Waals surface area contributed by atoms with Crippen molar-refractivity contribution in [1.29, 1.82) is 0 Å². The van der Waals surface area contributed by atoms with E-state index >= 15 is 0 Å². The van der Waals surface area contributed by atoms with Crippen molar-refractivity contribution >= 4 is 5.96 Å². The fraction of sp³-hybridized carbons (Fsp3) is 0.455. The van der Waals surface area contributed by atoms with Gasteiger partial charge in [-0.2, -0.15) is 0 Å². The predicted molar refractivity (Wildman–Crippen MR) is 115 cm³/mol. The molecule has 158 valence electrons. The Bertz CT molecular complexity index is 808. The lowest BCUT2D eigenvalue weighted by atomic mass is 10.1. The van der Waals surface area contributed by atoms with Gasteiger partial charge in [0.15, 0.2) is 17.5 Å². The van der Waals surface area contributed by atoms with Crippen molar-refractivity contribution < 1.29 is 14.2 Å². The van der Waals surface area contributed by atoms with Crippen LogP contribution in [0.4, 0.5) is 0 Å². The quantitative estimate of drug-likeness (QED) is 0.468. The molecule has 0 spiro atoms. The van der Waals surface area contributed by atoms with Gasteiger partial charge in [0.05, 0.1) is 26.9 Å². The molecule has 2 rings (SSSR count). The first-order valence-electron chi connectivity index (χ1n) is 9.77. The SMILES string of the molecule is COc1ccc(CN=C(N)NCc2ccnc(OC(C)CC(C)C)c2)cc1OC. The first-order chi connectivity index (χ1) is 13.9. The van der Waals surface area contributed by atoms with Gasteiger partial charge in [-0.05, 0) is 48.6 Å². The minimum atomic E-state index is 0.124. The zero-order valence-corrected chi connectivity index (χ0v) is 17.9. The van der Waals surface area contributed by atoms with E-state index < -0.39 is 0 Å². The van der Waals surface area contributed by atoms with Crippen LogP contribution in [0, 0.1) is 5.92 Å². The predicted octanol–water partition coefficient (Wildman–Crippen LogP) is 3.52. The average molecular weight is 401 g/mol. The first-order valence-corrected chi connectivity index (χ1v) is 9.77. The molecule has 1 aromatic carbocycles. The summed E-state index contributed by atoms with van der Waals surface area (Å²) in [5, 5.41) is 3.12. The van der Waals surface area contributed by atoms with E-state index in [4.69, 9.17) is 19.9 Å². The molecule has 29 heavy (non-hydrogen) atoms. The highest BCUT2D eigenvalue weighted by molar-refractivity contribution is 5.77. The molecule has 0 saturated heterocycles. The number of aromatic nitrogens is 1. The van der Waals surface area contributed by atoms with Crippen LogP contribution in [-0.4, -0.2) is 31.3 Å². The summed E-state index contributed by atoms with van der Waals surface area (Å²) in [5.74, 6) is 2.93. The summed E-state index contributed by atoms with van der Waals surface area (Å²) in [7, 11) is 3.22. The van der Waals surface area contributed by atoms with Crippen molar-refractivity contribution in [2.24, 2.45) is 16.6 Å². The van der Waals surface area contributed by atoms with Gasteiger partial charge >= 0.3 is 0 Å². The van der Waals surface area contributed by atoms with Gasteiger partial charge in [-0.1, -0.05) is 19.9 Å².